The number of rotatable bonds is 3. The van der Waals surface area contributed by atoms with Gasteiger partial charge >= 0.3 is 0 Å². The van der Waals surface area contributed by atoms with Crippen LogP contribution >= 0.6 is 11.7 Å². The molecule has 0 N–H and O–H groups in total. The molecule has 2 bridgehead atoms. The molecule has 1 unspecified atom stereocenters. The third kappa shape index (κ3) is 1.76. The monoisotopic (exact) mass is 241 g/mol. The zero-order chi connectivity index (χ0) is 11.0. The van der Waals surface area contributed by atoms with Crippen molar-refractivity contribution in [1.82, 2.24) is 13.6 Å². The van der Waals surface area contributed by atoms with Crippen LogP contribution in [0.2, 0.25) is 0 Å². The van der Waals surface area contributed by atoms with Gasteiger partial charge in [0.1, 0.15) is 6.10 Å². The zero-order valence-corrected chi connectivity index (χ0v) is 10.1. The second kappa shape index (κ2) is 4.18. The number of nitrogens with zero attached hydrogens (tertiary/aromatic N) is 3. The van der Waals surface area contributed by atoms with E-state index < -0.39 is 0 Å². The molecular weight excluding hydrogens is 226 g/mol. The van der Waals surface area contributed by atoms with E-state index in [1.807, 2.05) is 0 Å². The van der Waals surface area contributed by atoms with Gasteiger partial charge in [-0.1, -0.05) is 0 Å². The summed E-state index contributed by atoms with van der Waals surface area (Å²) >= 11 is 1.14. The smallest absolute Gasteiger partial charge is 0.291 e. The van der Waals surface area contributed by atoms with Crippen LogP contribution in [0.25, 0.3) is 0 Å². The van der Waals surface area contributed by atoms with E-state index in [4.69, 9.17) is 9.47 Å². The molecule has 0 amide bonds. The first-order chi connectivity index (χ1) is 7.86. The number of piperidine rings is 3. The lowest BCUT2D eigenvalue weighted by molar-refractivity contribution is -0.0107. The van der Waals surface area contributed by atoms with Gasteiger partial charge in [0.25, 0.3) is 11.8 Å². The highest BCUT2D eigenvalue weighted by molar-refractivity contribution is 6.99. The van der Waals surface area contributed by atoms with Gasteiger partial charge < -0.3 is 9.47 Å². The van der Waals surface area contributed by atoms with Crippen LogP contribution in [-0.4, -0.2) is 46.5 Å². The second-order valence-corrected chi connectivity index (χ2v) is 4.90. The van der Waals surface area contributed by atoms with E-state index in [1.54, 1.807) is 7.11 Å². The largest absolute Gasteiger partial charge is 0.477 e. The maximum absolute atomic E-state index is 5.92. The predicted molar refractivity (Wildman–Crippen MR) is 60.0 cm³/mol. The summed E-state index contributed by atoms with van der Waals surface area (Å²) in [5.74, 6) is 1.75. The minimum Gasteiger partial charge on any atom is -0.477 e. The van der Waals surface area contributed by atoms with Crippen LogP contribution in [0, 0.1) is 5.92 Å². The van der Waals surface area contributed by atoms with Crippen LogP contribution in [0.3, 0.4) is 0 Å². The van der Waals surface area contributed by atoms with E-state index in [9.17, 15) is 0 Å². The Labute approximate surface area is 98.7 Å². The Morgan fingerprint density at radius 3 is 2.62 bits per heavy atom. The normalized spacial score (nSPS) is 32.7. The van der Waals surface area contributed by atoms with E-state index in [1.165, 1.54) is 25.9 Å². The Balaban J connectivity index is 1.71. The molecule has 1 atom stereocenters. The summed E-state index contributed by atoms with van der Waals surface area (Å²) in [6.45, 7) is 3.46. The first kappa shape index (κ1) is 10.3. The molecule has 4 heterocycles. The number of hydrogen-bond acceptors (Lipinski definition) is 6. The SMILES string of the molecule is COc1nsnc1OC1CN2CCC1CC2. The molecule has 4 rings (SSSR count). The Hall–Kier alpha value is -0.880. The Bertz CT molecular complexity index is 363. The third-order valence-electron chi connectivity index (χ3n) is 3.48. The molecule has 3 saturated heterocycles. The van der Waals surface area contributed by atoms with Crippen molar-refractivity contribution in [2.75, 3.05) is 26.7 Å². The van der Waals surface area contributed by atoms with Crippen molar-refractivity contribution in [3.8, 4) is 11.8 Å². The summed E-state index contributed by atoms with van der Waals surface area (Å²) in [5, 5.41) is 0. The molecule has 6 heteroatoms. The molecule has 3 aliphatic rings. The van der Waals surface area contributed by atoms with Crippen LogP contribution in [0.5, 0.6) is 11.8 Å². The Kier molecular flexibility index (Phi) is 2.69. The molecule has 0 saturated carbocycles. The van der Waals surface area contributed by atoms with E-state index in [2.05, 4.69) is 13.6 Å². The molecule has 1 aromatic heterocycles. The van der Waals surface area contributed by atoms with E-state index in [0.717, 1.165) is 18.3 Å². The quantitative estimate of drug-likeness (QED) is 0.790. The fraction of sp³-hybridized carbons (Fsp3) is 0.800. The van der Waals surface area contributed by atoms with Crippen LogP contribution in [0.4, 0.5) is 0 Å². The molecule has 0 radical (unpaired) electrons. The van der Waals surface area contributed by atoms with E-state index in [0.29, 0.717) is 17.7 Å². The molecule has 3 aliphatic heterocycles. The standard InChI is InChI=1S/C10H15N3O2S/c1-14-9-10(12-16-11-9)15-8-6-13-4-2-7(8)3-5-13/h7-8H,2-6H2,1H3. The van der Waals surface area contributed by atoms with Gasteiger partial charge in [0, 0.05) is 6.54 Å². The molecule has 16 heavy (non-hydrogen) atoms. The van der Waals surface area contributed by atoms with Gasteiger partial charge in [0.15, 0.2) is 0 Å². The summed E-state index contributed by atoms with van der Waals surface area (Å²) in [6.07, 6.45) is 2.75. The van der Waals surface area contributed by atoms with Crippen LogP contribution in [0.15, 0.2) is 0 Å². The van der Waals surface area contributed by atoms with Gasteiger partial charge in [-0.25, -0.2) is 0 Å². The van der Waals surface area contributed by atoms with Crippen molar-refractivity contribution in [1.29, 1.82) is 0 Å². The molecule has 88 valence electrons. The number of aromatic nitrogens is 2. The maximum atomic E-state index is 5.92. The van der Waals surface area contributed by atoms with Crippen molar-refractivity contribution in [2.24, 2.45) is 5.92 Å². The van der Waals surface area contributed by atoms with Gasteiger partial charge in [-0.05, 0) is 31.8 Å². The Morgan fingerprint density at radius 2 is 2.00 bits per heavy atom. The minimum atomic E-state index is 0.264. The van der Waals surface area contributed by atoms with Crippen molar-refractivity contribution >= 4 is 11.7 Å². The highest BCUT2D eigenvalue weighted by Crippen LogP contribution is 2.32. The van der Waals surface area contributed by atoms with Crippen molar-refractivity contribution in [3.63, 3.8) is 0 Å². The average molecular weight is 241 g/mol. The number of hydrogen-bond donors (Lipinski definition) is 0. The number of ether oxygens (including phenoxy) is 2. The molecule has 3 fully saturated rings. The van der Waals surface area contributed by atoms with Gasteiger partial charge in [-0.2, -0.15) is 0 Å². The number of fused-ring (bicyclic) bond motifs is 3. The third-order valence-corrected chi connectivity index (χ3v) is 3.98. The fourth-order valence-electron chi connectivity index (χ4n) is 2.56. The zero-order valence-electron chi connectivity index (χ0n) is 9.26. The highest BCUT2D eigenvalue weighted by atomic mass is 32.1. The lowest BCUT2D eigenvalue weighted by Gasteiger charge is -2.43. The first-order valence-electron chi connectivity index (χ1n) is 5.62. The fourth-order valence-corrected chi connectivity index (χ4v) is 3.02. The Morgan fingerprint density at radius 1 is 1.25 bits per heavy atom. The minimum absolute atomic E-state index is 0.264. The number of methoxy groups -OCH3 is 1. The maximum Gasteiger partial charge on any atom is 0.291 e. The van der Waals surface area contributed by atoms with Crippen LogP contribution < -0.4 is 9.47 Å². The molecule has 0 spiro atoms. The molecule has 1 aromatic rings. The predicted octanol–water partition coefficient (Wildman–Crippen LogP) is 1.02. The molecular formula is C10H15N3O2S. The van der Waals surface area contributed by atoms with Gasteiger partial charge in [0.05, 0.1) is 18.8 Å². The van der Waals surface area contributed by atoms with Crippen molar-refractivity contribution in [3.05, 3.63) is 0 Å². The van der Waals surface area contributed by atoms with Crippen molar-refractivity contribution < 1.29 is 9.47 Å². The topological polar surface area (TPSA) is 47.5 Å². The lowest BCUT2D eigenvalue weighted by Crippen LogP contribution is -2.52. The average Bonchev–Trinajstić information content (AvgIpc) is 2.78. The van der Waals surface area contributed by atoms with Gasteiger partial charge in [-0.3, -0.25) is 4.90 Å². The molecule has 0 aromatic carbocycles. The molecule has 0 aliphatic carbocycles. The lowest BCUT2D eigenvalue weighted by atomic mass is 9.86. The summed E-state index contributed by atoms with van der Waals surface area (Å²) < 4.78 is 19.2. The summed E-state index contributed by atoms with van der Waals surface area (Å²) in [5.41, 5.74) is 0. The van der Waals surface area contributed by atoms with Gasteiger partial charge in [-0.15, -0.1) is 8.75 Å². The summed E-state index contributed by atoms with van der Waals surface area (Å²) in [4.78, 5) is 2.46. The van der Waals surface area contributed by atoms with E-state index in [-0.39, 0.29) is 6.10 Å². The molecule has 5 nitrogen and oxygen atoms in total. The highest BCUT2D eigenvalue weighted by Gasteiger charge is 2.36. The first-order valence-corrected chi connectivity index (χ1v) is 6.35. The second-order valence-electron chi connectivity index (χ2n) is 4.37. The summed E-state index contributed by atoms with van der Waals surface area (Å²) in [6, 6.07) is 0. The van der Waals surface area contributed by atoms with Crippen molar-refractivity contribution in [2.45, 2.75) is 18.9 Å². The van der Waals surface area contributed by atoms with E-state index >= 15 is 0 Å². The van der Waals surface area contributed by atoms with Gasteiger partial charge in [0.2, 0.25) is 0 Å². The van der Waals surface area contributed by atoms with Crippen LogP contribution in [-0.2, 0) is 0 Å². The van der Waals surface area contributed by atoms with Crippen LogP contribution in [0.1, 0.15) is 12.8 Å². The summed E-state index contributed by atoms with van der Waals surface area (Å²) in [7, 11) is 1.60.